The Kier molecular flexibility index (Phi) is 11.9. The van der Waals surface area contributed by atoms with E-state index in [0.29, 0.717) is 30.1 Å². The molecule has 5 aliphatic rings. The number of aliphatic hydroxyl groups is 5. The molecule has 1 aliphatic heterocycles. The van der Waals surface area contributed by atoms with Gasteiger partial charge in [0.15, 0.2) is 6.10 Å². The van der Waals surface area contributed by atoms with Crippen LogP contribution in [-0.4, -0.2) is 106 Å². The summed E-state index contributed by atoms with van der Waals surface area (Å²) in [6, 6.07) is 0. The Labute approximate surface area is 298 Å². The van der Waals surface area contributed by atoms with Crippen LogP contribution in [0.4, 0.5) is 0 Å². The Morgan fingerprint density at radius 3 is 2.41 bits per heavy atom. The van der Waals surface area contributed by atoms with Crippen LogP contribution in [0.25, 0.3) is 0 Å². The predicted octanol–water partition coefficient (Wildman–Crippen LogP) is 1.95. The van der Waals surface area contributed by atoms with Gasteiger partial charge in [0, 0.05) is 19.9 Å². The first-order chi connectivity index (χ1) is 22.9. The van der Waals surface area contributed by atoms with Gasteiger partial charge in [0.2, 0.25) is 5.91 Å². The van der Waals surface area contributed by atoms with Crippen molar-refractivity contribution in [2.24, 2.45) is 46.3 Å². The van der Waals surface area contributed by atoms with Gasteiger partial charge in [0.1, 0.15) is 18.3 Å². The first-order valence-corrected chi connectivity index (χ1v) is 20.3. The second-order valence-electron chi connectivity index (χ2n) is 16.0. The van der Waals surface area contributed by atoms with Crippen molar-refractivity contribution in [3.05, 3.63) is 0 Å². The summed E-state index contributed by atoms with van der Waals surface area (Å²) in [5.74, 6) is 0.520. The number of alkyl halides is 1. The number of hydrogen-bond acceptors (Lipinski definition) is 12. The van der Waals surface area contributed by atoms with Crippen molar-refractivity contribution in [2.75, 3.05) is 18.9 Å². The Morgan fingerprint density at radius 1 is 1.02 bits per heavy atom. The molecule has 0 spiro atoms. The lowest BCUT2D eigenvalue weighted by atomic mass is 9.43. The van der Waals surface area contributed by atoms with Crippen molar-refractivity contribution in [1.29, 1.82) is 0 Å². The van der Waals surface area contributed by atoms with E-state index in [-0.39, 0.29) is 47.6 Å². The summed E-state index contributed by atoms with van der Waals surface area (Å²) in [6.45, 7) is 6.79. The molecule has 4 unspecified atom stereocenters. The maximum absolute atomic E-state index is 12.8. The van der Waals surface area contributed by atoms with Gasteiger partial charge in [-0.1, -0.05) is 20.8 Å². The minimum absolute atomic E-state index is 0.165. The number of ether oxygens (including phenoxy) is 2. The molecule has 15 atom stereocenters. The highest BCUT2D eigenvalue weighted by molar-refractivity contribution is 9.10. The van der Waals surface area contributed by atoms with Gasteiger partial charge in [-0.25, -0.2) is 0 Å². The third kappa shape index (κ3) is 7.62. The van der Waals surface area contributed by atoms with E-state index in [9.17, 15) is 43.5 Å². The fourth-order valence-corrected chi connectivity index (χ4v) is 12.8. The van der Waals surface area contributed by atoms with Crippen molar-refractivity contribution >= 4 is 37.9 Å². The number of hydrogen-bond donors (Lipinski definition) is 6. The molecule has 13 nitrogen and oxygen atoms in total. The zero-order valence-electron chi connectivity index (χ0n) is 29.0. The third-order valence-corrected chi connectivity index (χ3v) is 15.4. The summed E-state index contributed by atoms with van der Waals surface area (Å²) in [4.78, 5) is 24.5. The van der Waals surface area contributed by atoms with E-state index in [4.69, 9.17) is 13.7 Å². The second kappa shape index (κ2) is 14.8. The van der Waals surface area contributed by atoms with E-state index in [1.165, 1.54) is 0 Å². The standard InChI is InChI=1S/C34H56BrNO12S/c1-18(23-8-9-24-22-7-6-20-15-21(39)11-12-32(20,3)25(22)16-27(40)33(23,24)4)5-10-28(41)36-13-14-49(44,45)48-31-30(43)29(42)26(17-37)47-34(31,35)46-19(2)38/h18,20-27,29-31,37,39-40,42-43H,5-17H2,1-4H3,(H,36,41)/t18-,20?,21-,22?,23-,24?,25?,26-,27+,29-,30+,31-,32+,33-,34-/m1/s1. The van der Waals surface area contributed by atoms with Crippen LogP contribution in [0.1, 0.15) is 91.9 Å². The van der Waals surface area contributed by atoms with Gasteiger partial charge >= 0.3 is 10.7 Å². The normalized spacial score (nSPS) is 45.8. The minimum atomic E-state index is -4.45. The molecule has 4 aliphatic carbocycles. The van der Waals surface area contributed by atoms with E-state index in [1.54, 1.807) is 0 Å². The number of aliphatic hydroxyl groups excluding tert-OH is 5. The molecule has 5 rings (SSSR count). The highest BCUT2D eigenvalue weighted by atomic mass is 79.9. The maximum Gasteiger partial charge on any atom is 0.305 e. The third-order valence-electron chi connectivity index (χ3n) is 13.4. The molecule has 0 aromatic carbocycles. The summed E-state index contributed by atoms with van der Waals surface area (Å²) < 4.78 is 38.9. The average Bonchev–Trinajstić information content (AvgIpc) is 3.39. The van der Waals surface area contributed by atoms with Gasteiger partial charge in [-0.2, -0.15) is 8.42 Å². The van der Waals surface area contributed by atoms with Gasteiger partial charge in [-0.3, -0.25) is 13.8 Å². The number of nitrogens with one attached hydrogen (secondary N) is 1. The van der Waals surface area contributed by atoms with Crippen molar-refractivity contribution < 1.29 is 57.2 Å². The molecule has 0 aromatic rings. The highest BCUT2D eigenvalue weighted by Gasteiger charge is 2.64. The van der Waals surface area contributed by atoms with Crippen molar-refractivity contribution in [1.82, 2.24) is 5.32 Å². The van der Waals surface area contributed by atoms with Crippen LogP contribution in [0.2, 0.25) is 0 Å². The minimum Gasteiger partial charge on any atom is -0.420 e. The largest absolute Gasteiger partial charge is 0.420 e. The topological polar surface area (TPSA) is 209 Å². The fourth-order valence-electron chi connectivity index (χ4n) is 10.8. The molecule has 282 valence electrons. The van der Waals surface area contributed by atoms with Gasteiger partial charge in [0.25, 0.3) is 10.1 Å². The van der Waals surface area contributed by atoms with Crippen LogP contribution in [0.15, 0.2) is 0 Å². The van der Waals surface area contributed by atoms with E-state index in [1.807, 2.05) is 0 Å². The van der Waals surface area contributed by atoms with Crippen LogP contribution < -0.4 is 5.32 Å². The lowest BCUT2D eigenvalue weighted by Gasteiger charge is -2.62. The molecular weight excluding hydrogens is 726 g/mol. The first kappa shape index (κ1) is 39.3. The number of halogens is 1. The second-order valence-corrected chi connectivity index (χ2v) is 18.8. The Morgan fingerprint density at radius 2 is 1.73 bits per heavy atom. The summed E-state index contributed by atoms with van der Waals surface area (Å²) in [5.41, 5.74) is -0.0621. The van der Waals surface area contributed by atoms with E-state index >= 15 is 0 Å². The molecular formula is C34H56BrNO12S. The maximum atomic E-state index is 12.8. The van der Waals surface area contributed by atoms with Gasteiger partial charge < -0.3 is 40.3 Å². The lowest BCUT2D eigenvalue weighted by molar-refractivity contribution is -0.300. The summed E-state index contributed by atoms with van der Waals surface area (Å²) >= 11 is 2.95. The zero-order valence-corrected chi connectivity index (χ0v) is 31.4. The van der Waals surface area contributed by atoms with Crippen LogP contribution >= 0.6 is 15.9 Å². The van der Waals surface area contributed by atoms with E-state index < -0.39 is 63.7 Å². The Hall–Kier alpha value is -0.910. The molecule has 1 amide bonds. The van der Waals surface area contributed by atoms with Crippen molar-refractivity contribution in [2.45, 2.75) is 133 Å². The average molecular weight is 783 g/mol. The molecule has 15 heteroatoms. The molecule has 1 saturated heterocycles. The Balaban J connectivity index is 1.13. The number of rotatable bonds is 11. The predicted molar refractivity (Wildman–Crippen MR) is 180 cm³/mol. The Bertz CT molecular complexity index is 1320. The highest BCUT2D eigenvalue weighted by Crippen LogP contribution is 2.68. The van der Waals surface area contributed by atoms with Gasteiger partial charge in [0.05, 0.1) is 24.6 Å². The molecule has 0 radical (unpaired) electrons. The number of amides is 1. The van der Waals surface area contributed by atoms with E-state index in [0.717, 1.165) is 58.3 Å². The van der Waals surface area contributed by atoms with E-state index in [2.05, 4.69) is 42.0 Å². The van der Waals surface area contributed by atoms with Gasteiger partial charge in [-0.15, -0.1) is 0 Å². The van der Waals surface area contributed by atoms with Crippen LogP contribution in [0, 0.1) is 46.3 Å². The summed E-state index contributed by atoms with van der Waals surface area (Å²) in [6.07, 6.45) is 1.09. The van der Waals surface area contributed by atoms with Gasteiger partial charge in [-0.05, 0) is 120 Å². The smallest absolute Gasteiger partial charge is 0.305 e. The summed E-state index contributed by atoms with van der Waals surface area (Å²) in [5, 5.41) is 55.1. The number of carbonyl (C=O) groups is 2. The first-order valence-electron chi connectivity index (χ1n) is 17.9. The number of carbonyl (C=O) groups excluding carboxylic acids is 2. The van der Waals surface area contributed by atoms with Crippen LogP contribution in [0.3, 0.4) is 0 Å². The zero-order chi connectivity index (χ0) is 36.1. The number of esters is 1. The lowest BCUT2D eigenvalue weighted by Crippen LogP contribution is -2.65. The molecule has 4 saturated carbocycles. The molecule has 0 aromatic heterocycles. The molecule has 5 fully saturated rings. The molecule has 0 bridgehead atoms. The van der Waals surface area contributed by atoms with Crippen LogP contribution in [0.5, 0.6) is 0 Å². The van der Waals surface area contributed by atoms with Crippen molar-refractivity contribution in [3.63, 3.8) is 0 Å². The van der Waals surface area contributed by atoms with Crippen molar-refractivity contribution in [3.8, 4) is 0 Å². The van der Waals surface area contributed by atoms with Crippen LogP contribution in [-0.2, 0) is 33.4 Å². The fraction of sp³-hybridized carbons (Fsp3) is 0.941. The monoisotopic (exact) mass is 781 g/mol. The molecule has 6 N–H and O–H groups in total. The molecule has 1 heterocycles. The quantitative estimate of drug-likeness (QED) is 0.101. The number of fused-ring (bicyclic) bond motifs is 5. The summed E-state index contributed by atoms with van der Waals surface area (Å²) in [7, 11) is -4.45. The molecule has 49 heavy (non-hydrogen) atoms. The SMILES string of the molecule is CC(=O)O[C@@]1(Br)O[C@H](CO)[C@@H](O)[C@H](O)[C@H]1OS(=O)(=O)CCNC(=O)CC[C@@H](C)[C@H]1CCC2C3CCC4C[C@H](O)CC[C@]4(C)C3C[C@H](O)[C@@]21C.